The Morgan fingerprint density at radius 2 is 2.19 bits per heavy atom. The summed E-state index contributed by atoms with van der Waals surface area (Å²) in [6, 6.07) is 5.99. The summed E-state index contributed by atoms with van der Waals surface area (Å²) in [5.41, 5.74) is 10.4. The molecule has 0 bridgehead atoms. The van der Waals surface area contributed by atoms with E-state index in [1.165, 1.54) is 25.7 Å². The molecule has 0 unspecified atom stereocenters. The molecule has 110 valence electrons. The monoisotopic (exact) mass is 345 g/mol. The second-order valence-electron chi connectivity index (χ2n) is 5.54. The molecule has 4 heteroatoms. The molecule has 0 amide bonds. The predicted molar refractivity (Wildman–Crippen MR) is 93.5 cm³/mol. The van der Waals surface area contributed by atoms with Gasteiger partial charge in [-0.2, -0.15) is 0 Å². The van der Waals surface area contributed by atoms with Gasteiger partial charge in [-0.15, -0.1) is 0 Å². The molecule has 0 radical (unpaired) electrons. The first-order valence-corrected chi connectivity index (χ1v) is 8.29. The quantitative estimate of drug-likeness (QED) is 0.613. The van der Waals surface area contributed by atoms with Gasteiger partial charge in [0, 0.05) is 28.3 Å². The van der Waals surface area contributed by atoms with Crippen molar-refractivity contribution in [2.75, 3.05) is 17.6 Å². The molecule has 3 rings (SSSR count). The molecule has 1 aliphatic carbocycles. The van der Waals surface area contributed by atoms with Gasteiger partial charge >= 0.3 is 0 Å². The van der Waals surface area contributed by atoms with Crippen LogP contribution in [0.25, 0.3) is 10.9 Å². The molecule has 3 N–H and O–H groups in total. The van der Waals surface area contributed by atoms with Gasteiger partial charge in [-0.3, -0.25) is 4.98 Å². The van der Waals surface area contributed by atoms with E-state index in [9.17, 15) is 0 Å². The topological polar surface area (TPSA) is 50.9 Å². The number of hydrogen-bond donors (Lipinski definition) is 2. The lowest BCUT2D eigenvalue weighted by Crippen LogP contribution is -2.05. The summed E-state index contributed by atoms with van der Waals surface area (Å²) < 4.78 is 0.950. The number of benzene rings is 1. The normalized spacial score (nSPS) is 15.0. The Balaban J connectivity index is 1.75. The molecular weight excluding hydrogens is 326 g/mol. The third kappa shape index (κ3) is 3.38. The van der Waals surface area contributed by atoms with Crippen LogP contribution in [0.3, 0.4) is 0 Å². The molecule has 0 spiro atoms. The van der Waals surface area contributed by atoms with Crippen molar-refractivity contribution >= 4 is 38.2 Å². The molecule has 0 fully saturated rings. The van der Waals surface area contributed by atoms with E-state index in [0.717, 1.165) is 39.7 Å². The third-order valence-electron chi connectivity index (χ3n) is 4.00. The molecular formula is C17H20BrN3. The van der Waals surface area contributed by atoms with E-state index < -0.39 is 0 Å². The lowest BCUT2D eigenvalue weighted by Gasteiger charge is -2.14. The van der Waals surface area contributed by atoms with Gasteiger partial charge < -0.3 is 11.1 Å². The first-order chi connectivity index (χ1) is 10.2. The van der Waals surface area contributed by atoms with E-state index in [-0.39, 0.29) is 0 Å². The number of nitrogens with one attached hydrogen (secondary N) is 1. The molecule has 2 aromatic rings. The van der Waals surface area contributed by atoms with E-state index in [4.69, 9.17) is 5.73 Å². The number of fused-ring (bicyclic) bond motifs is 1. The van der Waals surface area contributed by atoms with Gasteiger partial charge in [-0.25, -0.2) is 0 Å². The molecule has 0 atom stereocenters. The van der Waals surface area contributed by atoms with Crippen LogP contribution >= 0.6 is 15.9 Å². The van der Waals surface area contributed by atoms with E-state index >= 15 is 0 Å². The number of pyridine rings is 1. The predicted octanol–water partition coefficient (Wildman–Crippen LogP) is 4.88. The lowest BCUT2D eigenvalue weighted by atomic mass is 9.97. The molecule has 3 nitrogen and oxygen atoms in total. The molecule has 0 saturated heterocycles. The zero-order valence-corrected chi connectivity index (χ0v) is 13.6. The summed E-state index contributed by atoms with van der Waals surface area (Å²) in [5.74, 6) is 0. The Morgan fingerprint density at radius 3 is 3.00 bits per heavy atom. The first kappa shape index (κ1) is 14.4. The van der Waals surface area contributed by atoms with Gasteiger partial charge in [-0.1, -0.05) is 11.6 Å². The number of nitrogens with two attached hydrogens (primary N) is 1. The number of allylic oxidation sites excluding steroid dienone is 1. The zero-order valence-electron chi connectivity index (χ0n) is 12.0. The van der Waals surface area contributed by atoms with Crippen LogP contribution in [0.5, 0.6) is 0 Å². The second-order valence-corrected chi connectivity index (χ2v) is 6.45. The van der Waals surface area contributed by atoms with E-state index in [1.54, 1.807) is 5.57 Å². The zero-order chi connectivity index (χ0) is 14.7. The minimum Gasteiger partial charge on any atom is -0.398 e. The summed E-state index contributed by atoms with van der Waals surface area (Å²) in [7, 11) is 0. The van der Waals surface area contributed by atoms with Crippen molar-refractivity contribution in [1.29, 1.82) is 0 Å². The highest BCUT2D eigenvalue weighted by Crippen LogP contribution is 2.29. The minimum atomic E-state index is 0.763. The van der Waals surface area contributed by atoms with Gasteiger partial charge in [0.1, 0.15) is 0 Å². The van der Waals surface area contributed by atoms with Gasteiger partial charge in [0.15, 0.2) is 0 Å². The fraction of sp³-hybridized carbons (Fsp3) is 0.353. The number of nitrogen functional groups attached to an aromatic ring is 1. The minimum absolute atomic E-state index is 0.763. The van der Waals surface area contributed by atoms with Crippen molar-refractivity contribution in [1.82, 2.24) is 4.98 Å². The van der Waals surface area contributed by atoms with Crippen LogP contribution in [0.4, 0.5) is 11.4 Å². The van der Waals surface area contributed by atoms with Gasteiger partial charge in [0.2, 0.25) is 0 Å². The van der Waals surface area contributed by atoms with E-state index in [1.807, 2.05) is 24.4 Å². The Hall–Kier alpha value is -1.55. The molecule has 1 aromatic heterocycles. The molecule has 1 aromatic carbocycles. The Kier molecular flexibility index (Phi) is 4.44. The Bertz CT molecular complexity index is 679. The standard InChI is InChI=1S/C17H20BrN3/c18-13-10-14-15(19)6-7-16(17(14)21-11-13)20-9-8-12-4-2-1-3-5-12/h4,6-7,10-11,20H,1-3,5,8-9,19H2. The van der Waals surface area contributed by atoms with Crippen molar-refractivity contribution in [2.24, 2.45) is 0 Å². The fourth-order valence-electron chi connectivity index (χ4n) is 2.85. The number of halogens is 1. The maximum atomic E-state index is 6.04. The second kappa shape index (κ2) is 6.48. The fourth-order valence-corrected chi connectivity index (χ4v) is 3.18. The van der Waals surface area contributed by atoms with Crippen LogP contribution in [0, 0.1) is 0 Å². The summed E-state index contributed by atoms with van der Waals surface area (Å²) in [4.78, 5) is 4.50. The summed E-state index contributed by atoms with van der Waals surface area (Å²) in [5, 5.41) is 4.50. The van der Waals surface area contributed by atoms with Crippen LogP contribution in [0.1, 0.15) is 32.1 Å². The van der Waals surface area contributed by atoms with Crippen LogP contribution in [-0.2, 0) is 0 Å². The summed E-state index contributed by atoms with van der Waals surface area (Å²) in [6.45, 7) is 0.947. The largest absolute Gasteiger partial charge is 0.398 e. The maximum absolute atomic E-state index is 6.04. The van der Waals surface area contributed by atoms with Crippen molar-refractivity contribution < 1.29 is 0 Å². The number of aromatic nitrogens is 1. The number of hydrogen-bond acceptors (Lipinski definition) is 3. The molecule has 21 heavy (non-hydrogen) atoms. The first-order valence-electron chi connectivity index (χ1n) is 7.49. The summed E-state index contributed by atoms with van der Waals surface area (Å²) in [6.07, 6.45) is 10.5. The Morgan fingerprint density at radius 1 is 1.29 bits per heavy atom. The average Bonchev–Trinajstić information content (AvgIpc) is 2.51. The maximum Gasteiger partial charge on any atom is 0.0954 e. The molecule has 1 heterocycles. The van der Waals surface area contributed by atoms with Crippen LogP contribution < -0.4 is 11.1 Å². The highest BCUT2D eigenvalue weighted by atomic mass is 79.9. The van der Waals surface area contributed by atoms with Crippen LogP contribution in [0.2, 0.25) is 0 Å². The highest BCUT2D eigenvalue weighted by molar-refractivity contribution is 9.10. The summed E-state index contributed by atoms with van der Waals surface area (Å²) >= 11 is 3.45. The van der Waals surface area contributed by atoms with Crippen molar-refractivity contribution in [2.45, 2.75) is 32.1 Å². The van der Waals surface area contributed by atoms with Crippen molar-refractivity contribution in [3.63, 3.8) is 0 Å². The van der Waals surface area contributed by atoms with Crippen molar-refractivity contribution in [3.05, 3.63) is 40.5 Å². The molecule has 0 aliphatic heterocycles. The Labute approximate surface area is 133 Å². The van der Waals surface area contributed by atoms with Crippen LogP contribution in [0.15, 0.2) is 40.5 Å². The number of rotatable bonds is 4. The van der Waals surface area contributed by atoms with Gasteiger partial charge in [-0.05, 0) is 66.2 Å². The number of nitrogens with zero attached hydrogens (tertiary/aromatic N) is 1. The van der Waals surface area contributed by atoms with E-state index in [2.05, 4.69) is 32.3 Å². The lowest BCUT2D eigenvalue weighted by molar-refractivity contribution is 0.679. The third-order valence-corrected chi connectivity index (χ3v) is 4.43. The smallest absolute Gasteiger partial charge is 0.0954 e. The molecule has 0 saturated carbocycles. The highest BCUT2D eigenvalue weighted by Gasteiger charge is 2.07. The SMILES string of the molecule is Nc1ccc(NCCC2=CCCCC2)c2ncc(Br)cc12. The molecule has 1 aliphatic rings. The van der Waals surface area contributed by atoms with Gasteiger partial charge in [0.05, 0.1) is 11.2 Å². The van der Waals surface area contributed by atoms with Crippen LogP contribution in [-0.4, -0.2) is 11.5 Å². The van der Waals surface area contributed by atoms with E-state index in [0.29, 0.717) is 0 Å². The number of anilines is 2. The van der Waals surface area contributed by atoms with Gasteiger partial charge in [0.25, 0.3) is 0 Å². The average molecular weight is 346 g/mol. The van der Waals surface area contributed by atoms with Crippen molar-refractivity contribution in [3.8, 4) is 0 Å².